The highest BCUT2D eigenvalue weighted by Gasteiger charge is 2.56. The first kappa shape index (κ1) is 15.8. The summed E-state index contributed by atoms with van der Waals surface area (Å²) in [4.78, 5) is 22.7. The van der Waals surface area contributed by atoms with Gasteiger partial charge in [0.05, 0.1) is 5.56 Å². The fourth-order valence-electron chi connectivity index (χ4n) is 4.59. The van der Waals surface area contributed by atoms with E-state index in [9.17, 15) is 4.79 Å². The van der Waals surface area contributed by atoms with Crippen molar-refractivity contribution < 1.29 is 0 Å². The monoisotopic (exact) mass is 348 g/mol. The zero-order valence-corrected chi connectivity index (χ0v) is 15.3. The van der Waals surface area contributed by atoms with Gasteiger partial charge in [-0.15, -0.1) is 0 Å². The first-order valence-corrected chi connectivity index (χ1v) is 9.41. The largest absolute Gasteiger partial charge is 0.327 e. The van der Waals surface area contributed by atoms with Gasteiger partial charge in [0, 0.05) is 24.0 Å². The van der Waals surface area contributed by atoms with Crippen LogP contribution in [0.4, 0.5) is 0 Å². The number of pyridine rings is 1. The van der Waals surface area contributed by atoms with Crippen LogP contribution in [-0.2, 0) is 0 Å². The molecule has 2 fully saturated rings. The van der Waals surface area contributed by atoms with Crippen LogP contribution in [0, 0.1) is 12.3 Å². The Morgan fingerprint density at radius 3 is 2.85 bits per heavy atom. The Kier molecular flexibility index (Phi) is 3.38. The van der Waals surface area contributed by atoms with Crippen LogP contribution in [-0.4, -0.2) is 39.6 Å². The molecule has 1 N–H and O–H groups in total. The molecule has 2 aliphatic rings. The summed E-state index contributed by atoms with van der Waals surface area (Å²) < 4.78 is 2.25. The van der Waals surface area contributed by atoms with Gasteiger partial charge in [-0.2, -0.15) is 0 Å². The minimum atomic E-state index is -0.0631. The van der Waals surface area contributed by atoms with Gasteiger partial charge < -0.3 is 14.5 Å². The Morgan fingerprint density at radius 1 is 1.23 bits per heavy atom. The van der Waals surface area contributed by atoms with Crippen LogP contribution < -0.4 is 5.56 Å². The second-order valence-electron chi connectivity index (χ2n) is 8.15. The Bertz CT molecular complexity index is 1040. The van der Waals surface area contributed by atoms with E-state index in [-0.39, 0.29) is 5.56 Å². The number of rotatable bonds is 2. The fraction of sp³-hybridized carbons (Fsp3) is 0.429. The molecule has 1 aromatic carbocycles. The maximum absolute atomic E-state index is 12.7. The number of hydrogen-bond donors (Lipinski definition) is 1. The zero-order chi connectivity index (χ0) is 17.9. The van der Waals surface area contributed by atoms with Gasteiger partial charge >= 0.3 is 0 Å². The Labute approximate surface area is 152 Å². The second-order valence-corrected chi connectivity index (χ2v) is 8.15. The van der Waals surface area contributed by atoms with Crippen LogP contribution in [0.5, 0.6) is 0 Å². The quantitative estimate of drug-likeness (QED) is 0.773. The van der Waals surface area contributed by atoms with E-state index in [1.54, 1.807) is 0 Å². The molecule has 0 amide bonds. The lowest BCUT2D eigenvalue weighted by Gasteiger charge is -2.30. The molecule has 3 aromatic rings. The predicted molar refractivity (Wildman–Crippen MR) is 103 cm³/mol. The van der Waals surface area contributed by atoms with Gasteiger partial charge in [-0.05, 0) is 75.3 Å². The molecule has 134 valence electrons. The van der Waals surface area contributed by atoms with E-state index >= 15 is 0 Å². The highest BCUT2D eigenvalue weighted by molar-refractivity contribution is 5.83. The molecule has 1 aliphatic heterocycles. The third kappa shape index (κ3) is 2.42. The van der Waals surface area contributed by atoms with E-state index < -0.39 is 0 Å². The third-order valence-electron chi connectivity index (χ3n) is 6.37. The molecule has 1 atom stereocenters. The average Bonchev–Trinajstić information content (AvgIpc) is 3.09. The molecule has 0 radical (unpaired) electrons. The molecule has 1 spiro atoms. The number of imidazole rings is 1. The van der Waals surface area contributed by atoms with E-state index in [1.807, 2.05) is 30.6 Å². The summed E-state index contributed by atoms with van der Waals surface area (Å²) in [5.74, 6) is 0.801. The number of hydrogen-bond acceptors (Lipinski definition) is 3. The highest BCUT2D eigenvalue weighted by atomic mass is 16.1. The van der Waals surface area contributed by atoms with Crippen molar-refractivity contribution in [1.82, 2.24) is 19.4 Å². The topological polar surface area (TPSA) is 53.9 Å². The number of aromatic amines is 1. The number of likely N-dealkylation sites (tertiary alicyclic amines) is 1. The van der Waals surface area contributed by atoms with E-state index in [1.165, 1.54) is 24.8 Å². The van der Waals surface area contributed by atoms with Gasteiger partial charge in [-0.3, -0.25) is 4.79 Å². The van der Waals surface area contributed by atoms with Gasteiger partial charge in [0.1, 0.15) is 5.82 Å². The van der Waals surface area contributed by atoms with Crippen molar-refractivity contribution in [3.63, 3.8) is 0 Å². The molecule has 1 saturated heterocycles. The van der Waals surface area contributed by atoms with Crippen molar-refractivity contribution in [1.29, 1.82) is 0 Å². The van der Waals surface area contributed by atoms with Crippen LogP contribution >= 0.6 is 0 Å². The Hall–Kier alpha value is -2.40. The van der Waals surface area contributed by atoms with Crippen molar-refractivity contribution in [2.75, 3.05) is 20.1 Å². The second kappa shape index (κ2) is 5.55. The molecule has 1 aliphatic carbocycles. The van der Waals surface area contributed by atoms with Gasteiger partial charge in [-0.25, -0.2) is 4.98 Å². The van der Waals surface area contributed by atoms with Gasteiger partial charge in [0.25, 0.3) is 5.56 Å². The lowest BCUT2D eigenvalue weighted by atomic mass is 9.93. The molecule has 5 nitrogen and oxygen atoms in total. The number of nitrogens with one attached hydrogen (secondary N) is 1. The SMILES string of the molecule is Cc1ccc2[nH]c(=O)c(-c3nccn3C3CC34CCN(C)CC4)cc2c1. The number of nitrogens with zero attached hydrogens (tertiary/aromatic N) is 3. The van der Waals surface area contributed by atoms with E-state index in [0.717, 1.165) is 29.8 Å². The zero-order valence-electron chi connectivity index (χ0n) is 15.3. The lowest BCUT2D eigenvalue weighted by Crippen LogP contribution is -2.32. The minimum absolute atomic E-state index is 0.0631. The normalized spacial score (nSPS) is 22.2. The summed E-state index contributed by atoms with van der Waals surface area (Å²) in [5.41, 5.74) is 3.07. The number of piperidine rings is 1. The summed E-state index contributed by atoms with van der Waals surface area (Å²) in [7, 11) is 2.20. The summed E-state index contributed by atoms with van der Waals surface area (Å²) >= 11 is 0. The molecule has 1 saturated carbocycles. The van der Waals surface area contributed by atoms with Gasteiger partial charge in [0.2, 0.25) is 0 Å². The van der Waals surface area contributed by atoms with Crippen molar-refractivity contribution in [2.24, 2.45) is 5.41 Å². The smallest absolute Gasteiger partial charge is 0.259 e. The molecule has 26 heavy (non-hydrogen) atoms. The molecule has 3 heterocycles. The van der Waals surface area contributed by atoms with Crippen molar-refractivity contribution >= 4 is 10.9 Å². The summed E-state index contributed by atoms with van der Waals surface area (Å²) in [6, 6.07) is 8.56. The third-order valence-corrected chi connectivity index (χ3v) is 6.37. The first-order valence-electron chi connectivity index (χ1n) is 9.41. The maximum atomic E-state index is 12.7. The molecule has 1 unspecified atom stereocenters. The van der Waals surface area contributed by atoms with Crippen molar-refractivity contribution in [2.45, 2.75) is 32.2 Å². The standard InChI is InChI=1S/C21H24N4O/c1-14-3-4-17-15(11-14)12-16(20(26)23-17)19-22-7-10-25(19)18-13-21(18)5-8-24(2)9-6-21/h3-4,7,10-12,18H,5-6,8-9,13H2,1-2H3,(H,23,26). The highest BCUT2D eigenvalue weighted by Crippen LogP contribution is 2.62. The predicted octanol–water partition coefficient (Wildman–Crippen LogP) is 3.36. The van der Waals surface area contributed by atoms with Crippen molar-refractivity contribution in [3.05, 3.63) is 52.6 Å². The lowest BCUT2D eigenvalue weighted by molar-refractivity contribution is 0.193. The van der Waals surface area contributed by atoms with Crippen LogP contribution in [0.15, 0.2) is 41.5 Å². The Morgan fingerprint density at radius 2 is 2.04 bits per heavy atom. The number of fused-ring (bicyclic) bond motifs is 1. The maximum Gasteiger partial charge on any atom is 0.259 e. The molecule has 2 aromatic heterocycles. The van der Waals surface area contributed by atoms with Gasteiger partial charge in [0.15, 0.2) is 0 Å². The minimum Gasteiger partial charge on any atom is -0.327 e. The van der Waals surface area contributed by atoms with Crippen LogP contribution in [0.2, 0.25) is 0 Å². The molecule has 5 heteroatoms. The van der Waals surface area contributed by atoms with E-state index in [0.29, 0.717) is 17.0 Å². The number of aryl methyl sites for hydroxylation is 1. The fourth-order valence-corrected chi connectivity index (χ4v) is 4.59. The number of benzene rings is 1. The number of aromatic nitrogens is 3. The van der Waals surface area contributed by atoms with Crippen LogP contribution in [0.1, 0.15) is 30.9 Å². The molecule has 0 bridgehead atoms. The average molecular weight is 348 g/mol. The molecule has 5 rings (SSSR count). The summed E-state index contributed by atoms with van der Waals surface area (Å²) in [6.07, 6.45) is 7.55. The summed E-state index contributed by atoms with van der Waals surface area (Å²) in [6.45, 7) is 4.39. The van der Waals surface area contributed by atoms with E-state index in [4.69, 9.17) is 0 Å². The molecular formula is C21H24N4O. The summed E-state index contributed by atoms with van der Waals surface area (Å²) in [5, 5.41) is 1.05. The Balaban J connectivity index is 1.55. The first-order chi connectivity index (χ1) is 12.6. The van der Waals surface area contributed by atoms with E-state index in [2.05, 4.69) is 39.5 Å². The van der Waals surface area contributed by atoms with Crippen molar-refractivity contribution in [3.8, 4) is 11.4 Å². The van der Waals surface area contributed by atoms with Crippen LogP contribution in [0.3, 0.4) is 0 Å². The number of H-pyrrole nitrogens is 1. The molecular weight excluding hydrogens is 324 g/mol. The van der Waals surface area contributed by atoms with Crippen LogP contribution in [0.25, 0.3) is 22.3 Å². The van der Waals surface area contributed by atoms with Gasteiger partial charge in [-0.1, -0.05) is 11.6 Å².